The average molecular weight is 413 g/mol. The first-order valence-corrected chi connectivity index (χ1v) is 9.05. The Morgan fingerprint density at radius 3 is 2.50 bits per heavy atom. The van der Waals surface area contributed by atoms with Crippen molar-refractivity contribution in [2.45, 2.75) is 6.54 Å². The van der Waals surface area contributed by atoms with Gasteiger partial charge in [0.2, 0.25) is 0 Å². The molecule has 0 spiro atoms. The lowest BCUT2D eigenvalue weighted by Gasteiger charge is -2.04. The fourth-order valence-electron chi connectivity index (χ4n) is 2.41. The van der Waals surface area contributed by atoms with Crippen molar-refractivity contribution in [1.29, 1.82) is 0 Å². The topological polar surface area (TPSA) is 128 Å². The highest BCUT2D eigenvalue weighted by atomic mass is 16.5. The third-order valence-electron chi connectivity index (χ3n) is 3.71. The summed E-state index contributed by atoms with van der Waals surface area (Å²) in [5, 5.41) is 14.3. The smallest absolute Gasteiger partial charge is 0.290 e. The van der Waals surface area contributed by atoms with Gasteiger partial charge in [0.25, 0.3) is 12.4 Å². The predicted molar refractivity (Wildman–Crippen MR) is 109 cm³/mol. The van der Waals surface area contributed by atoms with Crippen LogP contribution in [0.4, 0.5) is 5.69 Å². The van der Waals surface area contributed by atoms with Gasteiger partial charge in [-0.3, -0.25) is 24.2 Å². The number of pyridine rings is 2. The first-order valence-electron chi connectivity index (χ1n) is 9.05. The predicted octanol–water partition coefficient (Wildman–Crippen LogP) is 1.96. The van der Waals surface area contributed by atoms with Crippen LogP contribution in [0.15, 0.2) is 55.0 Å². The summed E-state index contributed by atoms with van der Waals surface area (Å²) in [7, 11) is 1.63. The molecule has 0 fully saturated rings. The van der Waals surface area contributed by atoms with Crippen molar-refractivity contribution in [3.63, 3.8) is 0 Å². The molecule has 3 aromatic rings. The zero-order valence-corrected chi connectivity index (χ0v) is 16.5. The van der Waals surface area contributed by atoms with Crippen molar-refractivity contribution in [2.75, 3.05) is 32.2 Å². The number of amides is 1. The van der Waals surface area contributed by atoms with E-state index in [1.54, 1.807) is 48.6 Å². The number of aromatic nitrogens is 4. The number of anilines is 1. The van der Waals surface area contributed by atoms with E-state index in [0.717, 1.165) is 0 Å². The van der Waals surface area contributed by atoms with Gasteiger partial charge in [-0.15, -0.1) is 0 Å². The Kier molecular flexibility index (Phi) is 9.63. The van der Waals surface area contributed by atoms with E-state index in [1.807, 2.05) is 18.2 Å². The molecule has 0 atom stereocenters. The van der Waals surface area contributed by atoms with Gasteiger partial charge in [0.15, 0.2) is 0 Å². The molecule has 0 radical (unpaired) electrons. The van der Waals surface area contributed by atoms with Crippen LogP contribution in [0.3, 0.4) is 0 Å². The monoisotopic (exact) mass is 413 g/mol. The van der Waals surface area contributed by atoms with Crippen LogP contribution in [0.5, 0.6) is 0 Å². The molecule has 1 amide bonds. The number of hydrogen-bond donors (Lipinski definition) is 2. The molecule has 30 heavy (non-hydrogen) atoms. The van der Waals surface area contributed by atoms with E-state index in [-0.39, 0.29) is 12.4 Å². The summed E-state index contributed by atoms with van der Waals surface area (Å²) in [6, 6.07) is 10.7. The number of nitrogens with zero attached hydrogens (tertiary/aromatic N) is 4. The van der Waals surface area contributed by atoms with Gasteiger partial charge in [-0.1, -0.05) is 12.1 Å². The van der Waals surface area contributed by atoms with E-state index >= 15 is 0 Å². The Balaban J connectivity index is 0.00000101. The second-order valence-corrected chi connectivity index (χ2v) is 5.75. The lowest BCUT2D eigenvalue weighted by molar-refractivity contribution is -0.122. The SMILES string of the molecule is COCCOCCn1cc(NC(=O)c2ccccn2)c(-c2ccccn2)n1.O=CO. The van der Waals surface area contributed by atoms with Crippen molar-refractivity contribution in [3.05, 3.63) is 60.7 Å². The maximum atomic E-state index is 12.5. The Labute approximate surface area is 173 Å². The lowest BCUT2D eigenvalue weighted by Crippen LogP contribution is -2.13. The summed E-state index contributed by atoms with van der Waals surface area (Å²) in [6.45, 7) is 1.85. The van der Waals surface area contributed by atoms with Crippen LogP contribution in [-0.4, -0.2) is 64.2 Å². The van der Waals surface area contributed by atoms with Gasteiger partial charge in [0.05, 0.1) is 37.7 Å². The van der Waals surface area contributed by atoms with E-state index in [1.165, 1.54) is 0 Å². The van der Waals surface area contributed by atoms with Crippen LogP contribution in [0.2, 0.25) is 0 Å². The zero-order valence-electron chi connectivity index (χ0n) is 16.5. The number of rotatable bonds is 9. The molecule has 0 aliphatic rings. The molecule has 0 saturated carbocycles. The summed E-state index contributed by atoms with van der Waals surface area (Å²) in [4.78, 5) is 29.2. The molecule has 10 heteroatoms. The quantitative estimate of drug-likeness (QED) is 0.402. The largest absolute Gasteiger partial charge is 0.483 e. The van der Waals surface area contributed by atoms with Gasteiger partial charge in [-0.25, -0.2) is 0 Å². The van der Waals surface area contributed by atoms with Crippen LogP contribution in [0.25, 0.3) is 11.4 Å². The van der Waals surface area contributed by atoms with Gasteiger partial charge in [-0.05, 0) is 24.3 Å². The van der Waals surface area contributed by atoms with Crippen molar-refractivity contribution in [1.82, 2.24) is 19.7 Å². The summed E-state index contributed by atoms with van der Waals surface area (Å²) >= 11 is 0. The highest BCUT2D eigenvalue weighted by Crippen LogP contribution is 2.25. The first kappa shape index (κ1) is 22.7. The fourth-order valence-corrected chi connectivity index (χ4v) is 2.41. The summed E-state index contributed by atoms with van der Waals surface area (Å²) in [5.74, 6) is -0.302. The number of carboxylic acid groups (broad SMARTS) is 1. The Morgan fingerprint density at radius 2 is 1.87 bits per heavy atom. The lowest BCUT2D eigenvalue weighted by atomic mass is 10.2. The molecule has 0 aliphatic heterocycles. The van der Waals surface area contributed by atoms with E-state index in [0.29, 0.717) is 49.1 Å². The minimum Gasteiger partial charge on any atom is -0.483 e. The summed E-state index contributed by atoms with van der Waals surface area (Å²) in [6.07, 6.45) is 5.03. The highest BCUT2D eigenvalue weighted by molar-refractivity contribution is 6.04. The maximum Gasteiger partial charge on any atom is 0.290 e. The average Bonchev–Trinajstić information content (AvgIpc) is 3.18. The van der Waals surface area contributed by atoms with Gasteiger partial charge >= 0.3 is 0 Å². The molecule has 0 unspecified atom stereocenters. The van der Waals surface area contributed by atoms with Crippen molar-refractivity contribution in [2.24, 2.45) is 0 Å². The second-order valence-electron chi connectivity index (χ2n) is 5.75. The minimum absolute atomic E-state index is 0.250. The van der Waals surface area contributed by atoms with E-state index in [4.69, 9.17) is 19.4 Å². The molecule has 2 N–H and O–H groups in total. The van der Waals surface area contributed by atoms with E-state index in [2.05, 4.69) is 20.4 Å². The fraction of sp³-hybridized carbons (Fsp3) is 0.250. The first-order chi connectivity index (χ1) is 14.7. The Morgan fingerprint density at radius 1 is 1.13 bits per heavy atom. The third-order valence-corrected chi connectivity index (χ3v) is 3.71. The number of nitrogens with one attached hydrogen (secondary N) is 1. The number of methoxy groups -OCH3 is 1. The van der Waals surface area contributed by atoms with Crippen LogP contribution < -0.4 is 5.32 Å². The van der Waals surface area contributed by atoms with Crippen molar-refractivity contribution in [3.8, 4) is 11.4 Å². The maximum absolute atomic E-state index is 12.5. The van der Waals surface area contributed by atoms with Gasteiger partial charge in [0, 0.05) is 25.7 Å². The van der Waals surface area contributed by atoms with Crippen LogP contribution >= 0.6 is 0 Å². The second kappa shape index (κ2) is 12.8. The molecular formula is C20H23N5O5. The van der Waals surface area contributed by atoms with Gasteiger partial charge in [-0.2, -0.15) is 5.10 Å². The molecule has 3 rings (SSSR count). The molecule has 10 nitrogen and oxygen atoms in total. The molecular weight excluding hydrogens is 390 g/mol. The summed E-state index contributed by atoms with van der Waals surface area (Å²) in [5.41, 5.74) is 2.17. The number of carbonyl (C=O) groups excluding carboxylic acids is 1. The molecule has 0 aliphatic carbocycles. The minimum atomic E-state index is -0.302. The van der Waals surface area contributed by atoms with Gasteiger partial charge in [0.1, 0.15) is 11.4 Å². The number of carbonyl (C=O) groups is 2. The van der Waals surface area contributed by atoms with Crippen molar-refractivity contribution >= 4 is 18.1 Å². The standard InChI is InChI=1S/C19H21N5O3.CH2O2/c1-26-12-13-27-11-10-24-14-17(18(23-24)15-6-2-4-8-20-15)22-19(25)16-7-3-5-9-21-16;2-1-3/h2-9,14H,10-13H2,1H3,(H,22,25);1H,(H,2,3). The van der Waals surface area contributed by atoms with Crippen LogP contribution in [0, 0.1) is 0 Å². The normalized spacial score (nSPS) is 10.0. The molecule has 0 aromatic carbocycles. The Bertz CT molecular complexity index is 902. The Hall–Kier alpha value is -3.63. The number of ether oxygens (including phenoxy) is 2. The van der Waals surface area contributed by atoms with Crippen molar-refractivity contribution < 1.29 is 24.2 Å². The highest BCUT2D eigenvalue weighted by Gasteiger charge is 2.16. The van der Waals surface area contributed by atoms with E-state index < -0.39 is 0 Å². The third kappa shape index (κ3) is 7.08. The van der Waals surface area contributed by atoms with E-state index in [9.17, 15) is 4.79 Å². The summed E-state index contributed by atoms with van der Waals surface area (Å²) < 4.78 is 12.2. The molecule has 3 aromatic heterocycles. The van der Waals surface area contributed by atoms with Crippen LogP contribution in [0.1, 0.15) is 10.5 Å². The zero-order chi connectivity index (χ0) is 21.6. The molecule has 0 saturated heterocycles. The number of hydrogen-bond acceptors (Lipinski definition) is 7. The molecule has 158 valence electrons. The van der Waals surface area contributed by atoms with Gasteiger partial charge < -0.3 is 19.9 Å². The van der Waals surface area contributed by atoms with Crippen LogP contribution in [-0.2, 0) is 20.8 Å². The molecule has 3 heterocycles. The molecule has 0 bridgehead atoms.